The van der Waals surface area contributed by atoms with Crippen molar-refractivity contribution >= 4 is 44.6 Å². The minimum absolute atomic E-state index is 0.0910. The number of alkyl carbamates (subject to hydrolysis) is 1. The third-order valence-electron chi connectivity index (χ3n) is 12.0. The molecule has 2 saturated carbocycles. The summed E-state index contributed by atoms with van der Waals surface area (Å²) in [5.41, 5.74) is -4.58. The van der Waals surface area contributed by atoms with E-state index in [1.165, 1.54) is 32.2 Å². The van der Waals surface area contributed by atoms with Gasteiger partial charge in [0.2, 0.25) is 33.3 Å². The first-order valence-electron chi connectivity index (χ1n) is 19.6. The number of methoxy groups -OCH3 is 2. The lowest BCUT2D eigenvalue weighted by Crippen LogP contribution is -2.60. The molecule has 2 aliphatic heterocycles. The first kappa shape index (κ1) is 43.9. The number of allylic oxidation sites excluding steroid dienone is 1. The van der Waals surface area contributed by atoms with Crippen LogP contribution in [0, 0.1) is 17.8 Å². The monoisotopic (exact) mass is 851 g/mol. The van der Waals surface area contributed by atoms with Gasteiger partial charge in [-0.25, -0.2) is 18.2 Å². The smallest absolute Gasteiger partial charge is 0.427 e. The molecule has 7 atom stereocenters. The van der Waals surface area contributed by atoms with Gasteiger partial charge in [-0.2, -0.15) is 13.2 Å². The van der Waals surface area contributed by atoms with Crippen molar-refractivity contribution in [3.05, 3.63) is 42.6 Å². The van der Waals surface area contributed by atoms with Crippen molar-refractivity contribution in [3.8, 4) is 11.6 Å². The average Bonchev–Trinajstić information content (AvgIpc) is 4.04. The summed E-state index contributed by atoms with van der Waals surface area (Å²) in [4.78, 5) is 62.3. The Kier molecular flexibility index (Phi) is 12.2. The number of hydrogen-bond acceptors (Lipinski definition) is 11. The van der Waals surface area contributed by atoms with Crippen molar-refractivity contribution in [2.75, 3.05) is 27.4 Å². The topological polar surface area (TPSA) is 192 Å². The quantitative estimate of drug-likeness (QED) is 0.285. The Morgan fingerprint density at radius 2 is 1.83 bits per heavy atom. The molecular formula is C40H52F3N5O10S. The summed E-state index contributed by atoms with van der Waals surface area (Å²) in [6.07, 6.45) is -0.134. The first-order chi connectivity index (χ1) is 27.6. The molecule has 3 fully saturated rings. The normalized spacial score (nSPS) is 29.1. The Hall–Kier alpha value is -4.65. The van der Waals surface area contributed by atoms with Crippen molar-refractivity contribution in [1.82, 2.24) is 25.2 Å². The van der Waals surface area contributed by atoms with E-state index in [2.05, 4.69) is 20.3 Å². The SMILES string of the molecule is COC[C@@H]1C[C@H](C)CC/C=C\[C@H]2C[C@]2(C(=O)NS(=O)(=O)C2(C)CC2)NC(=O)[C@@H]2C[C@@H](Oc3nccc4cc(OC)ccc34)CN2C(=O)[C@H]1NC(=O)OC(C)(C)C(F)(F)F. The third-order valence-corrected chi connectivity index (χ3v) is 14.1. The number of carbonyl (C=O) groups excluding carboxylic acids is 4. The molecule has 0 spiro atoms. The summed E-state index contributed by atoms with van der Waals surface area (Å²) in [5, 5.41) is 6.51. The highest BCUT2D eigenvalue weighted by Gasteiger charge is 2.63. The molecule has 15 nitrogen and oxygen atoms in total. The van der Waals surface area contributed by atoms with Gasteiger partial charge in [0.15, 0.2) is 0 Å². The summed E-state index contributed by atoms with van der Waals surface area (Å²) in [7, 11) is -1.18. The van der Waals surface area contributed by atoms with Gasteiger partial charge < -0.3 is 34.5 Å². The summed E-state index contributed by atoms with van der Waals surface area (Å²) in [6.45, 7) is 4.48. The van der Waals surface area contributed by atoms with E-state index in [-0.39, 0.29) is 44.2 Å². The van der Waals surface area contributed by atoms with Gasteiger partial charge in [-0.3, -0.25) is 19.1 Å². The van der Waals surface area contributed by atoms with E-state index in [9.17, 15) is 40.8 Å². The first-order valence-corrected chi connectivity index (χ1v) is 21.1. The second-order valence-corrected chi connectivity index (χ2v) is 19.1. The Morgan fingerprint density at radius 3 is 2.49 bits per heavy atom. The highest BCUT2D eigenvalue weighted by molar-refractivity contribution is 7.91. The lowest BCUT2D eigenvalue weighted by molar-refractivity contribution is -0.244. The second kappa shape index (κ2) is 16.4. The van der Waals surface area contributed by atoms with E-state index in [4.69, 9.17) is 18.9 Å². The number of aromatic nitrogens is 1. The van der Waals surface area contributed by atoms with Crippen molar-refractivity contribution < 1.29 is 59.7 Å². The minimum atomic E-state index is -4.94. The highest BCUT2D eigenvalue weighted by atomic mass is 32.2. The molecule has 19 heteroatoms. The minimum Gasteiger partial charge on any atom is -0.497 e. The molecule has 4 aliphatic rings. The maximum absolute atomic E-state index is 14.9. The molecule has 324 valence electrons. The summed E-state index contributed by atoms with van der Waals surface area (Å²) in [5.74, 6) is -3.22. The average molecular weight is 852 g/mol. The lowest BCUT2D eigenvalue weighted by Gasteiger charge is -2.35. The number of rotatable bonds is 10. The highest BCUT2D eigenvalue weighted by Crippen LogP contribution is 2.48. The number of fused-ring (bicyclic) bond motifs is 3. The molecule has 6 rings (SSSR count). The number of alkyl halides is 3. The maximum Gasteiger partial charge on any atom is 0.427 e. The molecular weight excluding hydrogens is 800 g/mol. The fourth-order valence-corrected chi connectivity index (χ4v) is 9.06. The fourth-order valence-electron chi connectivity index (χ4n) is 7.74. The Morgan fingerprint density at radius 1 is 1.10 bits per heavy atom. The van der Waals surface area contributed by atoms with Crippen LogP contribution in [0.2, 0.25) is 0 Å². The zero-order chi connectivity index (χ0) is 43.1. The largest absolute Gasteiger partial charge is 0.497 e. The number of sulfonamides is 1. The molecule has 2 aliphatic carbocycles. The Labute approximate surface area is 341 Å². The number of hydrogen-bond donors (Lipinski definition) is 3. The van der Waals surface area contributed by atoms with E-state index < -0.39 is 85.9 Å². The number of nitrogens with one attached hydrogen (secondary N) is 3. The van der Waals surface area contributed by atoms with Gasteiger partial charge in [0.25, 0.3) is 5.91 Å². The van der Waals surface area contributed by atoms with Crippen molar-refractivity contribution in [3.63, 3.8) is 0 Å². The van der Waals surface area contributed by atoms with Crippen LogP contribution in [0.5, 0.6) is 11.6 Å². The van der Waals surface area contributed by atoms with E-state index in [1.807, 2.05) is 13.0 Å². The number of amides is 4. The van der Waals surface area contributed by atoms with Crippen LogP contribution in [0.3, 0.4) is 0 Å². The Balaban J connectivity index is 1.38. The molecule has 4 amide bonds. The zero-order valence-electron chi connectivity index (χ0n) is 33.9. The van der Waals surface area contributed by atoms with Crippen LogP contribution in [0.25, 0.3) is 10.8 Å². The van der Waals surface area contributed by atoms with Gasteiger partial charge in [-0.15, -0.1) is 0 Å². The Bertz CT molecular complexity index is 2090. The van der Waals surface area contributed by atoms with Gasteiger partial charge in [-0.05, 0) is 94.9 Å². The maximum atomic E-state index is 14.9. The molecule has 1 aromatic carbocycles. The van der Waals surface area contributed by atoms with Crippen LogP contribution < -0.4 is 24.8 Å². The number of pyridine rings is 1. The zero-order valence-corrected chi connectivity index (χ0v) is 34.7. The van der Waals surface area contributed by atoms with Crippen molar-refractivity contribution in [2.24, 2.45) is 17.8 Å². The molecule has 59 heavy (non-hydrogen) atoms. The van der Waals surface area contributed by atoms with Crippen molar-refractivity contribution in [2.45, 2.75) is 113 Å². The molecule has 1 aromatic heterocycles. The van der Waals surface area contributed by atoms with E-state index in [0.717, 1.165) is 5.39 Å². The van der Waals surface area contributed by atoms with E-state index in [0.29, 0.717) is 50.7 Å². The number of benzene rings is 1. The van der Waals surface area contributed by atoms with Crippen LogP contribution >= 0.6 is 0 Å². The predicted octanol–water partition coefficient (Wildman–Crippen LogP) is 4.54. The van der Waals surface area contributed by atoms with Crippen LogP contribution in [0.1, 0.15) is 72.6 Å². The van der Waals surface area contributed by atoms with Crippen LogP contribution in [-0.4, -0.2) is 110 Å². The predicted molar refractivity (Wildman–Crippen MR) is 208 cm³/mol. The molecule has 1 saturated heterocycles. The molecule has 3 heterocycles. The standard InChI is InChI=1S/C40H52F3N5O10S/c1-23-9-7-8-10-26-20-39(26,35(51)47-59(53,54)38(4)14-15-38)46-32(49)30-19-28(57-33-29-12-11-27(56-6)18-24(29)13-16-44-33)21-48(30)34(50)31(25(17-23)22-55-5)45-36(52)58-37(2,3)40(41,42)43/h8,10-13,16,18,23,25-26,28,30-31H,7,9,14-15,17,19-22H2,1-6H3,(H,45,52)(H,46,49)(H,47,51)/b10-8-/t23-,25+,26+,28-,30+,31+,39+/m1/s1. The van der Waals surface area contributed by atoms with Gasteiger partial charge >= 0.3 is 12.3 Å². The van der Waals surface area contributed by atoms with Crippen LogP contribution in [0.15, 0.2) is 42.6 Å². The number of halogens is 3. The molecule has 0 radical (unpaired) electrons. The lowest BCUT2D eigenvalue weighted by atomic mass is 9.87. The molecule has 3 N–H and O–H groups in total. The number of ether oxygens (including phenoxy) is 4. The number of carbonyl (C=O) groups is 4. The third kappa shape index (κ3) is 9.25. The van der Waals surface area contributed by atoms with E-state index >= 15 is 0 Å². The number of nitrogens with zero attached hydrogens (tertiary/aromatic N) is 2. The van der Waals surface area contributed by atoms with Gasteiger partial charge in [0.05, 0.1) is 25.0 Å². The summed E-state index contributed by atoms with van der Waals surface area (Å²) in [6, 6.07) is 4.09. The summed E-state index contributed by atoms with van der Waals surface area (Å²) >= 11 is 0. The van der Waals surface area contributed by atoms with Gasteiger partial charge in [0.1, 0.15) is 29.5 Å². The van der Waals surface area contributed by atoms with Crippen LogP contribution in [-0.2, 0) is 33.9 Å². The fraction of sp³-hybridized carbons (Fsp3) is 0.625. The second-order valence-electron chi connectivity index (χ2n) is 16.9. The van der Waals surface area contributed by atoms with E-state index in [1.54, 1.807) is 30.3 Å². The molecule has 0 unspecified atom stereocenters. The van der Waals surface area contributed by atoms with Crippen LogP contribution in [0.4, 0.5) is 18.0 Å². The van der Waals surface area contributed by atoms with Gasteiger partial charge in [0, 0.05) is 36.9 Å². The molecule has 0 bridgehead atoms. The summed E-state index contributed by atoms with van der Waals surface area (Å²) < 4.78 is 91.0. The van der Waals surface area contributed by atoms with Crippen molar-refractivity contribution in [1.29, 1.82) is 0 Å². The molecule has 2 aromatic rings. The van der Waals surface area contributed by atoms with Gasteiger partial charge in [-0.1, -0.05) is 19.1 Å².